The number of piperidine rings is 1. The van der Waals surface area contributed by atoms with E-state index < -0.39 is 17.6 Å². The third kappa shape index (κ3) is 9.21. The molecule has 0 aromatic carbocycles. The first-order valence-electron chi connectivity index (χ1n) is 9.77. The number of guanidine groups is 1. The predicted octanol–water partition coefficient (Wildman–Crippen LogP) is 2.76. The molecule has 1 aromatic rings. The molecule has 1 fully saturated rings. The molecule has 0 spiro atoms. The van der Waals surface area contributed by atoms with Gasteiger partial charge in [-0.15, -0.1) is 24.0 Å². The Kier molecular flexibility index (Phi) is 12.3. The van der Waals surface area contributed by atoms with Crippen LogP contribution in [0.5, 0.6) is 5.88 Å². The van der Waals surface area contributed by atoms with Crippen LogP contribution in [-0.4, -0.2) is 75.4 Å². The van der Waals surface area contributed by atoms with E-state index in [1.54, 1.807) is 14.2 Å². The highest BCUT2D eigenvalue weighted by molar-refractivity contribution is 14.0. The first-order valence-corrected chi connectivity index (χ1v) is 9.77. The number of hydrogen-bond acceptors (Lipinski definition) is 5. The number of likely N-dealkylation sites (tertiary alicyclic amines) is 1. The van der Waals surface area contributed by atoms with Crippen molar-refractivity contribution in [2.24, 2.45) is 4.99 Å². The van der Waals surface area contributed by atoms with Gasteiger partial charge in [-0.1, -0.05) is 0 Å². The fourth-order valence-corrected chi connectivity index (χ4v) is 3.16. The van der Waals surface area contributed by atoms with E-state index in [-0.39, 0.29) is 30.6 Å². The molecule has 0 saturated carbocycles. The van der Waals surface area contributed by atoms with Crippen molar-refractivity contribution in [1.82, 2.24) is 20.5 Å². The van der Waals surface area contributed by atoms with E-state index in [0.29, 0.717) is 18.5 Å². The minimum atomic E-state index is -4.49. The van der Waals surface area contributed by atoms with Gasteiger partial charge in [-0.05, 0) is 31.4 Å². The summed E-state index contributed by atoms with van der Waals surface area (Å²) in [6, 6.07) is 2.51. The zero-order valence-corrected chi connectivity index (χ0v) is 19.7. The molecule has 11 heteroatoms. The van der Waals surface area contributed by atoms with Gasteiger partial charge in [0, 0.05) is 52.6 Å². The van der Waals surface area contributed by atoms with E-state index in [2.05, 4.69) is 25.5 Å². The molecule has 2 N–H and O–H groups in total. The molecular weight excluding hydrogens is 514 g/mol. The minimum Gasteiger partial charge on any atom is -0.475 e. The molecular formula is C19H31F3IN5O2. The van der Waals surface area contributed by atoms with Crippen molar-refractivity contribution in [3.05, 3.63) is 23.9 Å². The molecule has 1 aromatic heterocycles. The molecule has 1 aliphatic heterocycles. The monoisotopic (exact) mass is 545 g/mol. The van der Waals surface area contributed by atoms with Crippen LogP contribution in [0.4, 0.5) is 13.2 Å². The van der Waals surface area contributed by atoms with Crippen LogP contribution in [0, 0.1) is 0 Å². The van der Waals surface area contributed by atoms with Gasteiger partial charge in [0.1, 0.15) is 12.2 Å². The molecule has 0 radical (unpaired) electrons. The zero-order chi connectivity index (χ0) is 21.1. The largest absolute Gasteiger partial charge is 0.475 e. The van der Waals surface area contributed by atoms with Crippen LogP contribution >= 0.6 is 24.0 Å². The van der Waals surface area contributed by atoms with E-state index in [9.17, 15) is 13.2 Å². The molecule has 0 amide bonds. The molecule has 1 aliphatic rings. The molecule has 0 atom stereocenters. The number of hydrogen-bond donors (Lipinski definition) is 2. The van der Waals surface area contributed by atoms with Crippen LogP contribution < -0.4 is 15.4 Å². The van der Waals surface area contributed by atoms with Crippen LogP contribution in [0.3, 0.4) is 0 Å². The second-order valence-electron chi connectivity index (χ2n) is 6.81. The third-order valence-electron chi connectivity index (χ3n) is 4.68. The topological polar surface area (TPSA) is 71.0 Å². The van der Waals surface area contributed by atoms with Gasteiger partial charge in [-0.2, -0.15) is 13.2 Å². The number of aromatic nitrogens is 1. The summed E-state index contributed by atoms with van der Waals surface area (Å²) < 4.78 is 49.1. The Balaban J connectivity index is 0.00000450. The average molecular weight is 545 g/mol. The quantitative estimate of drug-likeness (QED) is 0.215. The summed E-state index contributed by atoms with van der Waals surface area (Å²) in [5, 5.41) is 6.44. The second-order valence-corrected chi connectivity index (χ2v) is 6.81. The third-order valence-corrected chi connectivity index (χ3v) is 4.68. The number of methoxy groups -OCH3 is 1. The Bertz CT molecular complexity index is 641. The van der Waals surface area contributed by atoms with Crippen molar-refractivity contribution in [2.45, 2.75) is 31.5 Å². The fourth-order valence-electron chi connectivity index (χ4n) is 3.16. The summed E-state index contributed by atoms with van der Waals surface area (Å²) in [4.78, 5) is 10.3. The molecule has 2 heterocycles. The standard InChI is InChI=1S/C19H30F3N5O2.HI/c1-23-18(26-15-6-11-27(12-7-15)10-4-13-28-2)25-9-14-29-17-16(19(20,21)22)5-3-8-24-17;/h3,5,8,15H,4,6-7,9-14H2,1-2H3,(H2,23,25,26);1H. The van der Waals surface area contributed by atoms with Crippen LogP contribution in [-0.2, 0) is 10.9 Å². The number of aliphatic imine (C=N–C) groups is 1. The lowest BCUT2D eigenvalue weighted by atomic mass is 10.1. The van der Waals surface area contributed by atoms with E-state index in [1.807, 2.05) is 0 Å². The highest BCUT2D eigenvalue weighted by Crippen LogP contribution is 2.34. The number of rotatable bonds is 9. The number of nitrogens with one attached hydrogen (secondary N) is 2. The first-order chi connectivity index (χ1) is 13.9. The average Bonchev–Trinajstić information content (AvgIpc) is 2.71. The maximum Gasteiger partial charge on any atom is 0.421 e. The number of nitrogens with zero attached hydrogens (tertiary/aromatic N) is 3. The molecule has 0 unspecified atom stereocenters. The summed E-state index contributed by atoms with van der Waals surface area (Å²) in [6.45, 7) is 4.20. The van der Waals surface area contributed by atoms with Crippen molar-refractivity contribution >= 4 is 29.9 Å². The second kappa shape index (κ2) is 13.9. The van der Waals surface area contributed by atoms with Gasteiger partial charge >= 0.3 is 6.18 Å². The van der Waals surface area contributed by atoms with Gasteiger partial charge in [0.2, 0.25) is 5.88 Å². The highest BCUT2D eigenvalue weighted by atomic mass is 127. The van der Waals surface area contributed by atoms with Crippen LogP contribution in [0.25, 0.3) is 0 Å². The SMILES string of the molecule is CN=C(NCCOc1ncccc1C(F)(F)F)NC1CCN(CCCOC)CC1.I. The smallest absolute Gasteiger partial charge is 0.421 e. The lowest BCUT2D eigenvalue weighted by molar-refractivity contribution is -0.139. The summed E-state index contributed by atoms with van der Waals surface area (Å²) in [5.41, 5.74) is -0.875. The van der Waals surface area contributed by atoms with E-state index >= 15 is 0 Å². The summed E-state index contributed by atoms with van der Waals surface area (Å²) in [5.74, 6) is 0.203. The van der Waals surface area contributed by atoms with Gasteiger partial charge in [-0.25, -0.2) is 4.98 Å². The number of pyridine rings is 1. The molecule has 0 bridgehead atoms. The molecule has 0 aliphatic carbocycles. The minimum absolute atomic E-state index is 0. The number of halogens is 4. The Labute approximate surface area is 192 Å². The van der Waals surface area contributed by atoms with Gasteiger partial charge in [0.05, 0.1) is 6.54 Å². The van der Waals surface area contributed by atoms with Crippen molar-refractivity contribution in [1.29, 1.82) is 0 Å². The van der Waals surface area contributed by atoms with E-state index in [4.69, 9.17) is 9.47 Å². The van der Waals surface area contributed by atoms with Gasteiger partial charge in [0.15, 0.2) is 5.96 Å². The van der Waals surface area contributed by atoms with E-state index in [1.165, 1.54) is 12.3 Å². The Morgan fingerprint density at radius 1 is 1.30 bits per heavy atom. The fraction of sp³-hybridized carbons (Fsp3) is 0.684. The number of alkyl halides is 3. The predicted molar refractivity (Wildman–Crippen MR) is 121 cm³/mol. The molecule has 1 saturated heterocycles. The molecule has 2 rings (SSSR count). The summed E-state index contributed by atoms with van der Waals surface area (Å²) in [7, 11) is 3.38. The normalized spacial score (nSPS) is 16.1. The maximum atomic E-state index is 12.9. The molecule has 7 nitrogen and oxygen atoms in total. The van der Waals surface area contributed by atoms with Crippen LogP contribution in [0.2, 0.25) is 0 Å². The van der Waals surface area contributed by atoms with E-state index in [0.717, 1.165) is 51.6 Å². The lowest BCUT2D eigenvalue weighted by Gasteiger charge is -2.33. The van der Waals surface area contributed by atoms with Crippen LogP contribution in [0.1, 0.15) is 24.8 Å². The highest BCUT2D eigenvalue weighted by Gasteiger charge is 2.35. The Morgan fingerprint density at radius 3 is 2.67 bits per heavy atom. The Hall–Kier alpha value is -1.34. The van der Waals surface area contributed by atoms with Crippen molar-refractivity contribution in [2.75, 3.05) is 53.6 Å². The number of ether oxygens (including phenoxy) is 2. The van der Waals surface area contributed by atoms with Gasteiger partial charge in [-0.3, -0.25) is 4.99 Å². The molecule has 30 heavy (non-hydrogen) atoms. The zero-order valence-electron chi connectivity index (χ0n) is 17.4. The summed E-state index contributed by atoms with van der Waals surface area (Å²) in [6.07, 6.45) is -0.169. The van der Waals surface area contributed by atoms with Crippen LogP contribution in [0.15, 0.2) is 23.3 Å². The van der Waals surface area contributed by atoms with Crippen molar-refractivity contribution in [3.8, 4) is 5.88 Å². The van der Waals surface area contributed by atoms with Crippen molar-refractivity contribution < 1.29 is 22.6 Å². The van der Waals surface area contributed by atoms with Gasteiger partial charge in [0.25, 0.3) is 0 Å². The van der Waals surface area contributed by atoms with Gasteiger partial charge < -0.3 is 25.0 Å². The molecule has 172 valence electrons. The first kappa shape index (κ1) is 26.7. The summed E-state index contributed by atoms with van der Waals surface area (Å²) >= 11 is 0. The van der Waals surface area contributed by atoms with Crippen molar-refractivity contribution in [3.63, 3.8) is 0 Å². The lowest BCUT2D eigenvalue weighted by Crippen LogP contribution is -2.49. The Morgan fingerprint density at radius 2 is 2.03 bits per heavy atom. The maximum absolute atomic E-state index is 12.9.